The largest absolute Gasteiger partial charge is 0.497 e. The summed E-state index contributed by atoms with van der Waals surface area (Å²) < 4.78 is 16.1. The molecular weight excluding hydrogens is 368 g/mol. The first-order chi connectivity index (χ1) is 14.2. The van der Waals surface area contributed by atoms with Crippen molar-refractivity contribution < 1.29 is 19.0 Å². The minimum absolute atomic E-state index is 0.0794. The maximum absolute atomic E-state index is 13.4. The van der Waals surface area contributed by atoms with Gasteiger partial charge in [-0.1, -0.05) is 18.2 Å². The van der Waals surface area contributed by atoms with E-state index in [9.17, 15) is 4.79 Å². The van der Waals surface area contributed by atoms with Crippen LogP contribution in [-0.2, 0) is 0 Å². The van der Waals surface area contributed by atoms with Crippen LogP contribution >= 0.6 is 0 Å². The van der Waals surface area contributed by atoms with E-state index in [0.717, 1.165) is 22.7 Å². The molecule has 0 spiro atoms. The average Bonchev–Trinajstić information content (AvgIpc) is 2.78. The highest BCUT2D eigenvalue weighted by Gasteiger charge is 2.34. The molecule has 3 aromatic carbocycles. The predicted molar refractivity (Wildman–Crippen MR) is 112 cm³/mol. The number of para-hydroxylation sites is 1. The Morgan fingerprint density at radius 1 is 0.828 bits per heavy atom. The van der Waals surface area contributed by atoms with Crippen LogP contribution in [0.1, 0.15) is 22.1 Å². The van der Waals surface area contributed by atoms with Gasteiger partial charge in [0.25, 0.3) is 5.91 Å². The van der Waals surface area contributed by atoms with E-state index >= 15 is 0 Å². The second kappa shape index (κ2) is 7.75. The lowest BCUT2D eigenvalue weighted by Crippen LogP contribution is -2.43. The van der Waals surface area contributed by atoms with Gasteiger partial charge in [-0.3, -0.25) is 9.69 Å². The minimum atomic E-state index is -0.411. The Labute approximate surface area is 169 Å². The van der Waals surface area contributed by atoms with Gasteiger partial charge in [0, 0.05) is 11.4 Å². The molecule has 29 heavy (non-hydrogen) atoms. The smallest absolute Gasteiger partial charge is 0.262 e. The molecule has 0 fully saturated rings. The van der Waals surface area contributed by atoms with E-state index in [1.807, 2.05) is 66.7 Å². The van der Waals surface area contributed by atoms with Crippen LogP contribution < -0.4 is 24.4 Å². The highest BCUT2D eigenvalue weighted by Crippen LogP contribution is 2.39. The van der Waals surface area contributed by atoms with E-state index in [0.29, 0.717) is 17.1 Å². The molecule has 3 aromatic rings. The molecule has 1 aliphatic heterocycles. The standard InChI is InChI=1S/C23H22N2O4/c1-27-17-11-9-16(10-12-17)25-22(15-8-13-20(28-2)21(14-15)29-3)24-19-7-5-4-6-18(19)23(25)26/h4-14,22,24H,1-3H3/t22-/m1/s1. The number of carbonyl (C=O) groups excluding carboxylic acids is 1. The lowest BCUT2D eigenvalue weighted by molar-refractivity contribution is 0.0975. The van der Waals surface area contributed by atoms with Crippen molar-refractivity contribution in [1.82, 2.24) is 0 Å². The molecule has 0 unspecified atom stereocenters. The third-order valence-corrected chi connectivity index (χ3v) is 5.00. The Bertz CT molecular complexity index is 1030. The van der Waals surface area contributed by atoms with Crippen LogP contribution in [0.3, 0.4) is 0 Å². The minimum Gasteiger partial charge on any atom is -0.497 e. The maximum atomic E-state index is 13.4. The fourth-order valence-corrected chi connectivity index (χ4v) is 3.52. The first-order valence-corrected chi connectivity index (χ1v) is 9.21. The number of nitrogens with one attached hydrogen (secondary N) is 1. The van der Waals surface area contributed by atoms with Gasteiger partial charge in [0.05, 0.1) is 26.9 Å². The summed E-state index contributed by atoms with van der Waals surface area (Å²) >= 11 is 0. The third kappa shape index (κ3) is 3.33. The van der Waals surface area contributed by atoms with Crippen molar-refractivity contribution in [3.8, 4) is 17.2 Å². The zero-order chi connectivity index (χ0) is 20.4. The normalized spacial score (nSPS) is 15.3. The average molecular weight is 390 g/mol. The lowest BCUT2D eigenvalue weighted by atomic mass is 10.0. The molecule has 6 nitrogen and oxygen atoms in total. The van der Waals surface area contributed by atoms with E-state index in [1.165, 1.54) is 0 Å². The molecule has 1 N–H and O–H groups in total. The molecule has 148 valence electrons. The number of fused-ring (bicyclic) bond motifs is 1. The summed E-state index contributed by atoms with van der Waals surface area (Å²) in [5.74, 6) is 1.89. The summed E-state index contributed by atoms with van der Waals surface area (Å²) in [6.07, 6.45) is -0.411. The SMILES string of the molecule is COc1ccc(N2C(=O)c3ccccc3N[C@H]2c2ccc(OC)c(OC)c2)cc1. The number of amides is 1. The molecule has 6 heteroatoms. The molecule has 0 aromatic heterocycles. The van der Waals surface area contributed by atoms with Gasteiger partial charge in [0.2, 0.25) is 0 Å². The molecular formula is C23H22N2O4. The van der Waals surface area contributed by atoms with Gasteiger partial charge in [-0.2, -0.15) is 0 Å². The number of anilines is 2. The molecule has 0 radical (unpaired) electrons. The summed E-state index contributed by atoms with van der Waals surface area (Å²) in [7, 11) is 4.81. The summed E-state index contributed by atoms with van der Waals surface area (Å²) in [6.45, 7) is 0. The Kier molecular flexibility index (Phi) is 4.99. The summed E-state index contributed by atoms with van der Waals surface area (Å²) in [5, 5.41) is 3.49. The van der Waals surface area contributed by atoms with Crippen molar-refractivity contribution in [2.45, 2.75) is 6.17 Å². The van der Waals surface area contributed by atoms with Gasteiger partial charge in [-0.25, -0.2) is 0 Å². The second-order valence-corrected chi connectivity index (χ2v) is 6.58. The van der Waals surface area contributed by atoms with Gasteiger partial charge in [0.1, 0.15) is 11.9 Å². The molecule has 0 bridgehead atoms. The Morgan fingerprint density at radius 2 is 1.55 bits per heavy atom. The third-order valence-electron chi connectivity index (χ3n) is 5.00. The van der Waals surface area contributed by atoms with Crippen LogP contribution in [-0.4, -0.2) is 27.2 Å². The van der Waals surface area contributed by atoms with Crippen molar-refractivity contribution in [3.05, 3.63) is 77.9 Å². The van der Waals surface area contributed by atoms with Crippen LogP contribution in [0.4, 0.5) is 11.4 Å². The van der Waals surface area contributed by atoms with Crippen LogP contribution in [0, 0.1) is 0 Å². The maximum Gasteiger partial charge on any atom is 0.262 e. The van der Waals surface area contributed by atoms with E-state index in [4.69, 9.17) is 14.2 Å². The summed E-state index contributed by atoms with van der Waals surface area (Å²) in [5.41, 5.74) is 3.06. The fourth-order valence-electron chi connectivity index (χ4n) is 3.52. The summed E-state index contributed by atoms with van der Waals surface area (Å²) in [6, 6.07) is 20.6. The zero-order valence-electron chi connectivity index (χ0n) is 16.5. The Morgan fingerprint density at radius 3 is 2.24 bits per heavy atom. The van der Waals surface area contributed by atoms with Crippen molar-refractivity contribution in [2.24, 2.45) is 0 Å². The quantitative estimate of drug-likeness (QED) is 0.696. The molecule has 1 heterocycles. The molecule has 0 aliphatic carbocycles. The number of carbonyl (C=O) groups is 1. The fraction of sp³-hybridized carbons (Fsp3) is 0.174. The van der Waals surface area contributed by atoms with Crippen molar-refractivity contribution in [2.75, 3.05) is 31.5 Å². The number of methoxy groups -OCH3 is 3. The molecule has 1 aliphatic rings. The van der Waals surface area contributed by atoms with Crippen LogP contribution in [0.2, 0.25) is 0 Å². The zero-order valence-corrected chi connectivity index (χ0v) is 16.5. The highest BCUT2D eigenvalue weighted by molar-refractivity contribution is 6.12. The number of hydrogen-bond donors (Lipinski definition) is 1. The molecule has 1 atom stereocenters. The molecule has 1 amide bonds. The van der Waals surface area contributed by atoms with Crippen LogP contribution in [0.25, 0.3) is 0 Å². The van der Waals surface area contributed by atoms with Crippen molar-refractivity contribution in [3.63, 3.8) is 0 Å². The monoisotopic (exact) mass is 390 g/mol. The van der Waals surface area contributed by atoms with E-state index in [-0.39, 0.29) is 5.91 Å². The van der Waals surface area contributed by atoms with E-state index in [2.05, 4.69) is 5.32 Å². The number of hydrogen-bond acceptors (Lipinski definition) is 5. The number of benzene rings is 3. The van der Waals surface area contributed by atoms with Crippen molar-refractivity contribution in [1.29, 1.82) is 0 Å². The predicted octanol–water partition coefficient (Wildman–Crippen LogP) is 4.48. The highest BCUT2D eigenvalue weighted by atomic mass is 16.5. The van der Waals surface area contributed by atoms with Crippen LogP contribution in [0.15, 0.2) is 66.7 Å². The van der Waals surface area contributed by atoms with Crippen molar-refractivity contribution >= 4 is 17.3 Å². The number of rotatable bonds is 5. The molecule has 4 rings (SSSR count). The molecule has 0 saturated carbocycles. The topological polar surface area (TPSA) is 60.0 Å². The first-order valence-electron chi connectivity index (χ1n) is 9.21. The first kappa shape index (κ1) is 18.7. The van der Waals surface area contributed by atoms with E-state index < -0.39 is 6.17 Å². The second-order valence-electron chi connectivity index (χ2n) is 6.58. The van der Waals surface area contributed by atoms with Gasteiger partial charge in [0.15, 0.2) is 11.5 Å². The molecule has 0 saturated heterocycles. The van der Waals surface area contributed by atoms with Gasteiger partial charge in [-0.05, 0) is 54.1 Å². The Balaban J connectivity index is 1.83. The lowest BCUT2D eigenvalue weighted by Gasteiger charge is -2.38. The van der Waals surface area contributed by atoms with E-state index in [1.54, 1.807) is 26.2 Å². The van der Waals surface area contributed by atoms with Gasteiger partial charge >= 0.3 is 0 Å². The summed E-state index contributed by atoms with van der Waals surface area (Å²) in [4.78, 5) is 15.2. The van der Waals surface area contributed by atoms with Gasteiger partial charge in [-0.15, -0.1) is 0 Å². The number of nitrogens with zero attached hydrogens (tertiary/aromatic N) is 1. The van der Waals surface area contributed by atoms with Crippen LogP contribution in [0.5, 0.6) is 17.2 Å². The Hall–Kier alpha value is -3.67. The van der Waals surface area contributed by atoms with Gasteiger partial charge < -0.3 is 19.5 Å². The number of ether oxygens (including phenoxy) is 3.